The van der Waals surface area contributed by atoms with Crippen LogP contribution in [0.2, 0.25) is 5.02 Å². The molecular weight excluding hydrogens is 430 g/mol. The van der Waals surface area contributed by atoms with Crippen LogP contribution in [0.15, 0.2) is 48.5 Å². The van der Waals surface area contributed by atoms with Crippen molar-refractivity contribution in [2.45, 2.75) is 31.8 Å². The van der Waals surface area contributed by atoms with Gasteiger partial charge in [0.15, 0.2) is 0 Å². The van der Waals surface area contributed by atoms with Crippen molar-refractivity contribution in [2.24, 2.45) is 0 Å². The molecule has 1 aromatic heterocycles. The van der Waals surface area contributed by atoms with Gasteiger partial charge in [0, 0.05) is 36.6 Å². The largest absolute Gasteiger partial charge is 0.465 e. The fourth-order valence-corrected chi connectivity index (χ4v) is 4.43. The van der Waals surface area contributed by atoms with Crippen molar-refractivity contribution in [3.63, 3.8) is 0 Å². The van der Waals surface area contributed by atoms with Crippen molar-refractivity contribution in [3.05, 3.63) is 70.5 Å². The number of piperidine rings is 1. The SMILES string of the molecule is O=C(O)NCCc1nnc(N2CCC(c3ccccc3)CC2)n1-c1ccc(Cl)cc1CO. The van der Waals surface area contributed by atoms with Gasteiger partial charge in [-0.25, -0.2) is 4.79 Å². The normalized spacial score (nSPS) is 14.5. The number of anilines is 1. The molecule has 0 unspecified atom stereocenters. The highest BCUT2D eigenvalue weighted by Gasteiger charge is 2.26. The number of aliphatic hydroxyl groups is 1. The Bertz CT molecular complexity index is 1060. The van der Waals surface area contributed by atoms with E-state index in [1.165, 1.54) is 5.56 Å². The van der Waals surface area contributed by atoms with E-state index >= 15 is 0 Å². The summed E-state index contributed by atoms with van der Waals surface area (Å²) in [5.41, 5.74) is 2.76. The van der Waals surface area contributed by atoms with Crippen LogP contribution in [-0.2, 0) is 13.0 Å². The molecule has 9 heteroatoms. The molecule has 1 aliphatic heterocycles. The summed E-state index contributed by atoms with van der Waals surface area (Å²) in [7, 11) is 0. The smallest absolute Gasteiger partial charge is 0.404 e. The molecule has 32 heavy (non-hydrogen) atoms. The van der Waals surface area contributed by atoms with E-state index in [0.717, 1.165) is 31.6 Å². The third-order valence-electron chi connectivity index (χ3n) is 5.84. The Labute approximate surface area is 191 Å². The average molecular weight is 456 g/mol. The first-order valence-electron chi connectivity index (χ1n) is 10.7. The number of nitrogens with zero attached hydrogens (tertiary/aromatic N) is 4. The van der Waals surface area contributed by atoms with Gasteiger partial charge in [0.25, 0.3) is 0 Å². The maximum Gasteiger partial charge on any atom is 0.404 e. The highest BCUT2D eigenvalue weighted by molar-refractivity contribution is 6.30. The van der Waals surface area contributed by atoms with Crippen LogP contribution in [0.3, 0.4) is 0 Å². The number of carbonyl (C=O) groups is 1. The minimum atomic E-state index is -1.08. The van der Waals surface area contributed by atoms with Crippen molar-refractivity contribution >= 4 is 23.6 Å². The van der Waals surface area contributed by atoms with Gasteiger partial charge in [-0.3, -0.25) is 4.57 Å². The molecule has 1 fully saturated rings. The van der Waals surface area contributed by atoms with Gasteiger partial charge in [0.2, 0.25) is 5.95 Å². The second-order valence-corrected chi connectivity index (χ2v) is 8.27. The Balaban J connectivity index is 1.62. The maximum absolute atomic E-state index is 10.9. The van der Waals surface area contributed by atoms with E-state index < -0.39 is 6.09 Å². The standard InChI is InChI=1S/C23H26ClN5O3/c24-19-6-7-20(18(14-19)15-30)29-21(8-11-25-23(31)32)26-27-22(29)28-12-9-17(10-13-28)16-4-2-1-3-5-16/h1-7,14,17,25,30H,8-13,15H2,(H,31,32). The van der Waals surface area contributed by atoms with E-state index in [9.17, 15) is 9.90 Å². The predicted octanol–water partition coefficient (Wildman–Crippen LogP) is 3.61. The fraction of sp³-hybridized carbons (Fsp3) is 0.348. The molecular formula is C23H26ClN5O3. The number of hydrogen-bond acceptors (Lipinski definition) is 5. The van der Waals surface area contributed by atoms with Gasteiger partial charge >= 0.3 is 6.09 Å². The monoisotopic (exact) mass is 455 g/mol. The second-order valence-electron chi connectivity index (χ2n) is 7.84. The fourth-order valence-electron chi connectivity index (χ4n) is 4.24. The molecule has 0 atom stereocenters. The molecule has 0 radical (unpaired) electrons. The van der Waals surface area contributed by atoms with Gasteiger partial charge < -0.3 is 20.4 Å². The molecule has 0 bridgehead atoms. The molecule has 1 amide bonds. The van der Waals surface area contributed by atoms with E-state index in [0.29, 0.717) is 34.7 Å². The van der Waals surface area contributed by atoms with Crippen LogP contribution in [-0.4, -0.2) is 50.7 Å². The molecule has 8 nitrogen and oxygen atoms in total. The number of hydrogen-bond donors (Lipinski definition) is 3. The summed E-state index contributed by atoms with van der Waals surface area (Å²) in [5, 5.41) is 30.6. The lowest BCUT2D eigenvalue weighted by Gasteiger charge is -2.33. The molecule has 3 N–H and O–H groups in total. The molecule has 0 aliphatic carbocycles. The predicted molar refractivity (Wildman–Crippen MR) is 123 cm³/mol. The van der Waals surface area contributed by atoms with Crippen LogP contribution in [0.5, 0.6) is 0 Å². The van der Waals surface area contributed by atoms with Gasteiger partial charge in [-0.05, 0) is 42.5 Å². The number of benzene rings is 2. The first-order chi connectivity index (χ1) is 15.6. The van der Waals surface area contributed by atoms with Crippen molar-refractivity contribution in [3.8, 4) is 5.69 Å². The van der Waals surface area contributed by atoms with Crippen molar-refractivity contribution in [1.82, 2.24) is 20.1 Å². The summed E-state index contributed by atoms with van der Waals surface area (Å²) < 4.78 is 1.91. The number of carboxylic acid groups (broad SMARTS) is 1. The minimum absolute atomic E-state index is 0.184. The molecule has 4 rings (SSSR count). The zero-order chi connectivity index (χ0) is 22.5. The average Bonchev–Trinajstić information content (AvgIpc) is 3.23. The van der Waals surface area contributed by atoms with Crippen LogP contribution >= 0.6 is 11.6 Å². The van der Waals surface area contributed by atoms with E-state index in [1.54, 1.807) is 12.1 Å². The Morgan fingerprint density at radius 2 is 1.88 bits per heavy atom. The first kappa shape index (κ1) is 22.1. The topological polar surface area (TPSA) is 104 Å². The molecule has 1 aliphatic rings. The summed E-state index contributed by atoms with van der Waals surface area (Å²) in [6.07, 6.45) is 1.29. The van der Waals surface area contributed by atoms with Crippen molar-refractivity contribution < 1.29 is 15.0 Å². The van der Waals surface area contributed by atoms with Crippen molar-refractivity contribution in [1.29, 1.82) is 0 Å². The van der Waals surface area contributed by atoms with E-state index in [2.05, 4.69) is 44.7 Å². The van der Waals surface area contributed by atoms with Crippen molar-refractivity contribution in [2.75, 3.05) is 24.5 Å². The Hall–Kier alpha value is -3.10. The quantitative estimate of drug-likeness (QED) is 0.503. The summed E-state index contributed by atoms with van der Waals surface area (Å²) >= 11 is 6.14. The van der Waals surface area contributed by atoms with Gasteiger partial charge in [0.1, 0.15) is 5.82 Å². The van der Waals surface area contributed by atoms with E-state index in [-0.39, 0.29) is 13.2 Å². The van der Waals surface area contributed by atoms with Crippen LogP contribution in [0.1, 0.15) is 35.7 Å². The van der Waals surface area contributed by atoms with Crippen LogP contribution in [0.4, 0.5) is 10.7 Å². The number of nitrogens with one attached hydrogen (secondary N) is 1. The lowest BCUT2D eigenvalue weighted by Crippen LogP contribution is -2.35. The number of aromatic nitrogens is 3. The summed E-state index contributed by atoms with van der Waals surface area (Å²) in [6.45, 7) is 1.68. The lowest BCUT2D eigenvalue weighted by atomic mass is 9.90. The van der Waals surface area contributed by atoms with Gasteiger partial charge in [-0.1, -0.05) is 41.9 Å². The molecule has 3 aromatic rings. The number of amides is 1. The third-order valence-corrected chi connectivity index (χ3v) is 6.07. The Kier molecular flexibility index (Phi) is 6.92. The van der Waals surface area contributed by atoms with E-state index in [4.69, 9.17) is 16.7 Å². The van der Waals surface area contributed by atoms with Crippen LogP contribution < -0.4 is 10.2 Å². The number of aliphatic hydroxyl groups excluding tert-OH is 1. The highest BCUT2D eigenvalue weighted by atomic mass is 35.5. The van der Waals surface area contributed by atoms with Gasteiger partial charge in [0.05, 0.1) is 12.3 Å². The zero-order valence-electron chi connectivity index (χ0n) is 17.6. The molecule has 0 spiro atoms. The molecule has 0 saturated carbocycles. The highest BCUT2D eigenvalue weighted by Crippen LogP contribution is 2.32. The molecule has 1 saturated heterocycles. The van der Waals surface area contributed by atoms with Gasteiger partial charge in [-0.15, -0.1) is 10.2 Å². The minimum Gasteiger partial charge on any atom is -0.465 e. The molecule has 168 valence electrons. The van der Waals surface area contributed by atoms with Crippen LogP contribution in [0.25, 0.3) is 5.69 Å². The number of rotatable bonds is 7. The Morgan fingerprint density at radius 1 is 1.12 bits per heavy atom. The van der Waals surface area contributed by atoms with Crippen LogP contribution in [0, 0.1) is 0 Å². The molecule has 2 aromatic carbocycles. The summed E-state index contributed by atoms with van der Waals surface area (Å²) in [5.74, 6) is 1.82. The summed E-state index contributed by atoms with van der Waals surface area (Å²) in [4.78, 5) is 13.1. The van der Waals surface area contributed by atoms with E-state index in [1.807, 2.05) is 16.7 Å². The Morgan fingerprint density at radius 3 is 2.56 bits per heavy atom. The second kappa shape index (κ2) is 10.0. The van der Waals surface area contributed by atoms with Gasteiger partial charge in [-0.2, -0.15) is 0 Å². The number of halogens is 1. The lowest BCUT2D eigenvalue weighted by molar-refractivity contribution is 0.194. The molecule has 2 heterocycles. The zero-order valence-corrected chi connectivity index (χ0v) is 18.4. The third kappa shape index (κ3) is 4.87. The summed E-state index contributed by atoms with van der Waals surface area (Å²) in [6, 6.07) is 15.9. The maximum atomic E-state index is 10.9. The first-order valence-corrected chi connectivity index (χ1v) is 11.0.